The molecule has 0 aromatic heterocycles. The zero-order valence-electron chi connectivity index (χ0n) is 12.7. The number of alkyl halides is 8. The average molecular weight is 445 g/mol. The smallest absolute Gasteiger partial charge is 0.437 e. The first-order valence-corrected chi connectivity index (χ1v) is 8.78. The third kappa shape index (κ3) is 3.72. The highest BCUT2D eigenvalue weighted by molar-refractivity contribution is 9.10. The van der Waals surface area contributed by atoms with Crippen LogP contribution in [0.3, 0.4) is 0 Å². The lowest BCUT2D eigenvalue weighted by Gasteiger charge is -2.41. The number of dihydropyridines is 1. The second kappa shape index (κ2) is 6.71. The number of allylic oxidation sites excluding steroid dienone is 3. The van der Waals surface area contributed by atoms with Gasteiger partial charge in [-0.3, -0.25) is 0 Å². The Morgan fingerprint density at radius 1 is 1.25 bits per heavy atom. The quantitative estimate of drug-likeness (QED) is 0.303. The van der Waals surface area contributed by atoms with Gasteiger partial charge in [0.2, 0.25) is 0 Å². The minimum Gasteiger partial charge on any atom is -0.616 e. The van der Waals surface area contributed by atoms with Crippen molar-refractivity contribution in [3.63, 3.8) is 0 Å². The van der Waals surface area contributed by atoms with E-state index >= 15 is 0 Å². The topological polar surface area (TPSA) is 35.1 Å². The molecular formula is C13H14BrF7NOS. The van der Waals surface area contributed by atoms with Gasteiger partial charge in [0.15, 0.2) is 4.45 Å². The molecule has 1 heterocycles. The van der Waals surface area contributed by atoms with Crippen LogP contribution in [-0.2, 0) is 11.2 Å². The fourth-order valence-electron chi connectivity index (χ4n) is 2.09. The molecule has 1 rings (SSSR count). The third-order valence-corrected chi connectivity index (χ3v) is 6.55. The van der Waals surface area contributed by atoms with E-state index in [1.165, 1.54) is 20.8 Å². The molecule has 1 radical (unpaired) electrons. The van der Waals surface area contributed by atoms with E-state index in [4.69, 9.17) is 0 Å². The van der Waals surface area contributed by atoms with E-state index in [2.05, 4.69) is 22.0 Å². The maximum absolute atomic E-state index is 14.2. The Kier molecular flexibility index (Phi) is 6.05. The summed E-state index contributed by atoms with van der Waals surface area (Å²) in [6, 6.07) is 0. The molecule has 2 nitrogen and oxygen atoms in total. The van der Waals surface area contributed by atoms with Crippen molar-refractivity contribution in [2.75, 3.05) is 5.75 Å². The lowest BCUT2D eigenvalue weighted by atomic mass is 9.93. The molecule has 0 aromatic carbocycles. The van der Waals surface area contributed by atoms with E-state index in [9.17, 15) is 35.3 Å². The minimum absolute atomic E-state index is 0.106. The Hall–Kier alpha value is -0.420. The van der Waals surface area contributed by atoms with Gasteiger partial charge in [-0.05, 0) is 43.6 Å². The number of halogens is 8. The molecule has 0 saturated heterocycles. The number of hydrogen-bond acceptors (Lipinski definition) is 2. The largest absolute Gasteiger partial charge is 0.616 e. The Balaban J connectivity index is 3.43. The highest BCUT2D eigenvalue weighted by atomic mass is 79.9. The van der Waals surface area contributed by atoms with Crippen LogP contribution >= 0.6 is 15.9 Å². The van der Waals surface area contributed by atoms with Crippen LogP contribution in [0, 0.1) is 6.08 Å². The zero-order chi connectivity index (χ0) is 19.1. The van der Waals surface area contributed by atoms with Gasteiger partial charge in [0.1, 0.15) is 11.0 Å². The summed E-state index contributed by atoms with van der Waals surface area (Å²) in [4.78, 5) is 0. The Bertz CT molecular complexity index is 531. The fraction of sp³-hybridized carbons (Fsp3) is 0.692. The van der Waals surface area contributed by atoms with Gasteiger partial charge in [-0.2, -0.15) is 26.3 Å². The highest BCUT2D eigenvalue weighted by Gasteiger charge is 2.75. The first-order valence-electron chi connectivity index (χ1n) is 6.60. The molecule has 3 unspecified atom stereocenters. The van der Waals surface area contributed by atoms with Gasteiger partial charge in [0, 0.05) is 6.08 Å². The second-order valence-corrected chi connectivity index (χ2v) is 8.47. The monoisotopic (exact) mass is 444 g/mol. The molecule has 0 saturated carbocycles. The van der Waals surface area contributed by atoms with E-state index in [-0.39, 0.29) is 11.3 Å². The van der Waals surface area contributed by atoms with E-state index in [1.54, 1.807) is 0 Å². The molecule has 24 heavy (non-hydrogen) atoms. The van der Waals surface area contributed by atoms with Crippen molar-refractivity contribution in [1.29, 1.82) is 0 Å². The summed E-state index contributed by atoms with van der Waals surface area (Å²) < 4.78 is 102. The van der Waals surface area contributed by atoms with Crippen LogP contribution in [0.2, 0.25) is 0 Å². The van der Waals surface area contributed by atoms with Crippen molar-refractivity contribution in [2.24, 2.45) is 0 Å². The lowest BCUT2D eigenvalue weighted by Crippen LogP contribution is -2.62. The fourth-order valence-corrected chi connectivity index (χ4v) is 4.22. The van der Waals surface area contributed by atoms with Crippen LogP contribution in [0.25, 0.3) is 0 Å². The average Bonchev–Trinajstić information content (AvgIpc) is 2.41. The van der Waals surface area contributed by atoms with Crippen molar-refractivity contribution in [3.8, 4) is 0 Å². The van der Waals surface area contributed by atoms with Crippen molar-refractivity contribution < 1.29 is 35.3 Å². The second-order valence-electron chi connectivity index (χ2n) is 5.17. The van der Waals surface area contributed by atoms with Crippen LogP contribution in [0.1, 0.15) is 20.8 Å². The van der Waals surface area contributed by atoms with Crippen molar-refractivity contribution in [2.45, 2.75) is 48.5 Å². The van der Waals surface area contributed by atoms with Gasteiger partial charge in [-0.25, -0.2) is 4.39 Å². The van der Waals surface area contributed by atoms with Crippen LogP contribution in [0.5, 0.6) is 0 Å². The molecule has 11 heteroatoms. The predicted molar refractivity (Wildman–Crippen MR) is 79.4 cm³/mol. The molecule has 139 valence electrons. The maximum atomic E-state index is 14.2. The molecule has 0 amide bonds. The number of hydrogen-bond donors (Lipinski definition) is 1. The zero-order valence-corrected chi connectivity index (χ0v) is 15.1. The molecule has 1 aliphatic heterocycles. The first-order chi connectivity index (χ1) is 10.6. The summed E-state index contributed by atoms with van der Waals surface area (Å²) in [5.74, 6) is 0.106. The van der Waals surface area contributed by atoms with Crippen molar-refractivity contribution in [3.05, 3.63) is 23.4 Å². The molecule has 0 aliphatic carbocycles. The van der Waals surface area contributed by atoms with E-state index < -0.39 is 44.6 Å². The van der Waals surface area contributed by atoms with Crippen molar-refractivity contribution in [1.82, 2.24) is 5.32 Å². The van der Waals surface area contributed by atoms with Crippen LogP contribution in [0.4, 0.5) is 30.7 Å². The molecule has 1 N–H and O–H groups in total. The molecule has 0 spiro atoms. The van der Waals surface area contributed by atoms with Gasteiger partial charge in [-0.15, -0.1) is 0 Å². The summed E-state index contributed by atoms with van der Waals surface area (Å²) in [5, 5.41) is 0.887. The van der Waals surface area contributed by atoms with Gasteiger partial charge in [0.05, 0.1) is 5.70 Å². The number of nitrogens with one attached hydrogen (secondary N) is 1. The Morgan fingerprint density at radius 3 is 2.08 bits per heavy atom. The number of rotatable bonds is 4. The SMILES string of the molecule is CC[S+]([O-])C(C)C1(Br)[C]=C(C)C=C(C(F)(C(F)(F)F)C(F)(F)F)N1. The van der Waals surface area contributed by atoms with Crippen LogP contribution in [-0.4, -0.2) is 38.0 Å². The normalized spacial score (nSPS) is 25.5. The molecular weight excluding hydrogens is 431 g/mol. The molecule has 3 atom stereocenters. The maximum Gasteiger partial charge on any atom is 0.437 e. The van der Waals surface area contributed by atoms with Crippen molar-refractivity contribution >= 4 is 27.1 Å². The first kappa shape index (κ1) is 21.6. The van der Waals surface area contributed by atoms with Gasteiger partial charge in [0.25, 0.3) is 0 Å². The van der Waals surface area contributed by atoms with E-state index in [0.29, 0.717) is 6.08 Å². The molecule has 0 aromatic rings. The summed E-state index contributed by atoms with van der Waals surface area (Å²) in [6.07, 6.45) is -9.51. The van der Waals surface area contributed by atoms with E-state index in [0.717, 1.165) is 0 Å². The van der Waals surface area contributed by atoms with Crippen LogP contribution < -0.4 is 5.32 Å². The molecule has 1 aliphatic rings. The standard InChI is InChI=1S/C13H14BrF7NOS/c1-4-24(23)8(3)10(14)6-7(2)5-9(22-10)11(15,12(16,17)18)13(19,20)21/h5,8,22H,4H2,1-3H3. The summed E-state index contributed by atoms with van der Waals surface area (Å²) >= 11 is 1.33. The van der Waals surface area contributed by atoms with Gasteiger partial charge >= 0.3 is 18.0 Å². The molecule has 0 bridgehead atoms. The predicted octanol–water partition coefficient (Wildman–Crippen LogP) is 4.30. The Labute approximate surface area is 145 Å². The summed E-state index contributed by atoms with van der Waals surface area (Å²) in [6.45, 7) is 4.04. The summed E-state index contributed by atoms with van der Waals surface area (Å²) in [5.41, 5.74) is -7.47. The lowest BCUT2D eigenvalue weighted by molar-refractivity contribution is -0.328. The molecule has 0 fully saturated rings. The minimum atomic E-state index is -6.23. The van der Waals surface area contributed by atoms with Crippen LogP contribution in [0.15, 0.2) is 17.3 Å². The van der Waals surface area contributed by atoms with Gasteiger partial charge < -0.3 is 9.87 Å². The van der Waals surface area contributed by atoms with E-state index in [1.807, 2.05) is 5.32 Å². The van der Waals surface area contributed by atoms with Gasteiger partial charge in [-0.1, -0.05) is 15.9 Å². The Morgan fingerprint density at radius 2 is 1.71 bits per heavy atom. The third-order valence-electron chi connectivity index (χ3n) is 3.45. The highest BCUT2D eigenvalue weighted by Crippen LogP contribution is 2.51. The summed E-state index contributed by atoms with van der Waals surface area (Å²) in [7, 11) is 0.